The van der Waals surface area contributed by atoms with E-state index in [4.69, 9.17) is 0 Å². The fourth-order valence-electron chi connectivity index (χ4n) is 0.448. The summed E-state index contributed by atoms with van der Waals surface area (Å²) >= 11 is 0. The van der Waals surface area contributed by atoms with Crippen LogP contribution in [-0.2, 0) is 42.3 Å². The van der Waals surface area contributed by atoms with Crippen LogP contribution in [0.2, 0.25) is 0 Å². The first-order valence-corrected chi connectivity index (χ1v) is 3.00. The fraction of sp³-hybridized carbons (Fsp3) is 0.667. The molecule has 0 heterocycles. The van der Waals surface area contributed by atoms with E-state index in [0.717, 1.165) is 0 Å². The quantitative estimate of drug-likeness (QED) is 0.600. The van der Waals surface area contributed by atoms with Gasteiger partial charge >= 0.3 is 0 Å². The Morgan fingerprint density at radius 3 is 2.45 bits per heavy atom. The Hall–Kier alpha value is 0.204. The number of carbonyl (C=O) groups is 1. The van der Waals surface area contributed by atoms with Gasteiger partial charge in [0.1, 0.15) is 0 Å². The molecular formula is C6H11N2O2Y-. The summed E-state index contributed by atoms with van der Waals surface area (Å²) < 4.78 is 0. The maximum atomic E-state index is 10.3. The molecule has 11 heavy (non-hydrogen) atoms. The Morgan fingerprint density at radius 2 is 2.18 bits per heavy atom. The smallest absolute Gasteiger partial charge is 0.216 e. The van der Waals surface area contributed by atoms with Gasteiger partial charge in [-0.25, -0.2) is 6.29 Å². The van der Waals surface area contributed by atoms with Gasteiger partial charge in [-0.15, -0.1) is 0 Å². The second-order valence-electron chi connectivity index (χ2n) is 1.90. The number of hydrogen-bond donors (Lipinski definition) is 2. The third-order valence-corrected chi connectivity index (χ3v) is 1.05. The third kappa shape index (κ3) is 8.11. The molecule has 4 nitrogen and oxygen atoms in total. The van der Waals surface area contributed by atoms with Gasteiger partial charge in [-0.05, 0) is 7.05 Å². The Morgan fingerprint density at radius 1 is 1.64 bits per heavy atom. The molecule has 61 valence electrons. The monoisotopic (exact) mass is 232 g/mol. The van der Waals surface area contributed by atoms with E-state index in [1.54, 1.807) is 13.3 Å². The molecule has 1 unspecified atom stereocenters. The predicted octanol–water partition coefficient (Wildman–Crippen LogP) is -1.18. The van der Waals surface area contributed by atoms with E-state index in [9.17, 15) is 9.59 Å². The topological polar surface area (TPSA) is 58.2 Å². The molecule has 0 fully saturated rings. The predicted molar refractivity (Wildman–Crippen MR) is 37.2 cm³/mol. The van der Waals surface area contributed by atoms with Crippen molar-refractivity contribution in [2.45, 2.75) is 13.0 Å². The summed E-state index contributed by atoms with van der Waals surface area (Å²) in [6.07, 6.45) is 1.73. The minimum Gasteiger partial charge on any atom is -0.540 e. The SMILES string of the molecule is CNC([C-]=O)CNC(C)=O.[Y]. The van der Waals surface area contributed by atoms with Crippen molar-refractivity contribution in [3.63, 3.8) is 0 Å². The second-order valence-corrected chi connectivity index (χ2v) is 1.90. The van der Waals surface area contributed by atoms with Crippen LogP contribution in [0.5, 0.6) is 0 Å². The van der Waals surface area contributed by atoms with Gasteiger partial charge in [0.15, 0.2) is 0 Å². The van der Waals surface area contributed by atoms with Crippen LogP contribution in [0.15, 0.2) is 0 Å². The second kappa shape index (κ2) is 8.30. The molecule has 0 aromatic rings. The molecule has 0 rings (SSSR count). The number of likely N-dealkylation sites (N-methyl/N-ethyl adjacent to an activating group) is 1. The summed E-state index contributed by atoms with van der Waals surface area (Å²) in [4.78, 5) is 20.3. The average molecular weight is 232 g/mol. The van der Waals surface area contributed by atoms with Gasteiger partial charge in [0.05, 0.1) is 0 Å². The van der Waals surface area contributed by atoms with Gasteiger partial charge in [-0.1, -0.05) is 6.04 Å². The van der Waals surface area contributed by atoms with Crippen molar-refractivity contribution in [3.8, 4) is 0 Å². The summed E-state index contributed by atoms with van der Waals surface area (Å²) in [7, 11) is 1.64. The molecule has 5 heteroatoms. The third-order valence-electron chi connectivity index (χ3n) is 1.05. The maximum Gasteiger partial charge on any atom is 0.216 e. The Bertz CT molecular complexity index is 130. The van der Waals surface area contributed by atoms with Gasteiger partial charge in [-0.2, -0.15) is 0 Å². The summed E-state index contributed by atoms with van der Waals surface area (Å²) in [6, 6.07) is -0.399. The van der Waals surface area contributed by atoms with Crippen LogP contribution in [-0.4, -0.2) is 31.8 Å². The van der Waals surface area contributed by atoms with Crippen LogP contribution in [0.3, 0.4) is 0 Å². The number of carbonyl (C=O) groups excluding carboxylic acids is 2. The van der Waals surface area contributed by atoms with Gasteiger partial charge in [0, 0.05) is 46.2 Å². The van der Waals surface area contributed by atoms with Crippen molar-refractivity contribution < 1.29 is 42.3 Å². The van der Waals surface area contributed by atoms with Crippen LogP contribution in [0.4, 0.5) is 0 Å². The zero-order chi connectivity index (χ0) is 7.98. The molecule has 0 saturated carbocycles. The Kier molecular flexibility index (Phi) is 10.4. The molecule has 0 bridgehead atoms. The van der Waals surface area contributed by atoms with Gasteiger partial charge in [0.2, 0.25) is 5.91 Å². The van der Waals surface area contributed by atoms with Crippen molar-refractivity contribution in [1.82, 2.24) is 10.6 Å². The number of rotatable bonds is 4. The minimum atomic E-state index is -0.399. The van der Waals surface area contributed by atoms with Gasteiger partial charge in [0.25, 0.3) is 0 Å². The van der Waals surface area contributed by atoms with E-state index in [-0.39, 0.29) is 38.6 Å². The first kappa shape index (κ1) is 13.8. The van der Waals surface area contributed by atoms with Crippen molar-refractivity contribution >= 4 is 12.2 Å². The van der Waals surface area contributed by atoms with Gasteiger partial charge < -0.3 is 15.4 Å². The van der Waals surface area contributed by atoms with E-state index in [2.05, 4.69) is 10.6 Å². The van der Waals surface area contributed by atoms with Crippen molar-refractivity contribution in [2.75, 3.05) is 13.6 Å². The van der Waals surface area contributed by atoms with Crippen molar-refractivity contribution in [3.05, 3.63) is 0 Å². The molecule has 0 aliphatic carbocycles. The molecule has 0 spiro atoms. The molecule has 0 aliphatic heterocycles. The normalized spacial score (nSPS) is 11.1. The average Bonchev–Trinajstić information content (AvgIpc) is 1.90. The molecule has 0 aromatic carbocycles. The zero-order valence-corrected chi connectivity index (χ0v) is 9.52. The maximum absolute atomic E-state index is 10.3. The summed E-state index contributed by atoms with van der Waals surface area (Å²) in [5, 5.41) is 5.15. The first-order valence-electron chi connectivity index (χ1n) is 3.00. The molecule has 0 aromatic heterocycles. The van der Waals surface area contributed by atoms with E-state index in [0.29, 0.717) is 6.54 Å². The molecule has 2 N–H and O–H groups in total. The van der Waals surface area contributed by atoms with E-state index >= 15 is 0 Å². The standard InChI is InChI=1S/C6H11N2O2.Y/c1-5(10)8-3-6(4-9)7-2;/h6-7H,3H2,1-2H3,(H,8,10);/q-1;. The Balaban J connectivity index is 0. The van der Waals surface area contributed by atoms with E-state index in [1.165, 1.54) is 6.92 Å². The molecular weight excluding hydrogens is 221 g/mol. The molecule has 1 amide bonds. The number of nitrogens with one attached hydrogen (secondary N) is 2. The molecule has 0 saturated heterocycles. The Labute approximate surface area is 91.4 Å². The molecule has 0 aliphatic rings. The number of amides is 1. The van der Waals surface area contributed by atoms with Crippen molar-refractivity contribution in [2.24, 2.45) is 0 Å². The van der Waals surface area contributed by atoms with Crippen LogP contribution in [0.25, 0.3) is 0 Å². The van der Waals surface area contributed by atoms with E-state index < -0.39 is 6.04 Å². The molecule has 1 atom stereocenters. The molecule has 1 radical (unpaired) electrons. The van der Waals surface area contributed by atoms with Crippen LogP contribution in [0, 0.1) is 0 Å². The minimum absolute atomic E-state index is 0. The largest absolute Gasteiger partial charge is 0.540 e. The zero-order valence-electron chi connectivity index (χ0n) is 6.68. The van der Waals surface area contributed by atoms with Crippen LogP contribution < -0.4 is 10.6 Å². The summed E-state index contributed by atoms with van der Waals surface area (Å²) in [5.74, 6) is -0.143. The van der Waals surface area contributed by atoms with Crippen LogP contribution in [0.1, 0.15) is 6.92 Å². The number of hydrogen-bond acceptors (Lipinski definition) is 3. The fourth-order valence-corrected chi connectivity index (χ4v) is 0.448. The summed E-state index contributed by atoms with van der Waals surface area (Å²) in [5.41, 5.74) is 0. The summed E-state index contributed by atoms with van der Waals surface area (Å²) in [6.45, 7) is 1.70. The van der Waals surface area contributed by atoms with Gasteiger partial charge in [-0.3, -0.25) is 4.79 Å². The van der Waals surface area contributed by atoms with Crippen molar-refractivity contribution in [1.29, 1.82) is 0 Å². The van der Waals surface area contributed by atoms with Crippen LogP contribution >= 0.6 is 0 Å². The van der Waals surface area contributed by atoms with E-state index in [1.807, 2.05) is 0 Å². The first-order chi connectivity index (χ1) is 4.70.